The van der Waals surface area contributed by atoms with Gasteiger partial charge in [0.25, 0.3) is 0 Å². The van der Waals surface area contributed by atoms with Gasteiger partial charge < -0.3 is 4.42 Å². The zero-order valence-electron chi connectivity index (χ0n) is 21.4. The van der Waals surface area contributed by atoms with E-state index >= 15 is 0 Å². The molecule has 0 atom stereocenters. The summed E-state index contributed by atoms with van der Waals surface area (Å²) < 4.78 is 8.41. The van der Waals surface area contributed by atoms with E-state index in [2.05, 4.69) is 102 Å². The van der Waals surface area contributed by atoms with Gasteiger partial charge in [0.1, 0.15) is 11.2 Å². The summed E-state index contributed by atoms with van der Waals surface area (Å²) in [6.45, 7) is 0. The normalized spacial score (nSPS) is 12.0. The first-order valence-corrected chi connectivity index (χ1v) is 13.4. The number of furan rings is 1. The summed E-state index contributed by atoms with van der Waals surface area (Å²) in [4.78, 5) is 10.3. The van der Waals surface area contributed by atoms with E-state index in [1.807, 2.05) is 30.3 Å². The highest BCUT2D eigenvalue weighted by Gasteiger charge is 2.19. The Bertz CT molecular complexity index is 2430. The van der Waals surface area contributed by atoms with Crippen LogP contribution in [0.15, 0.2) is 132 Å². The Hall–Kier alpha value is -5.48. The molecule has 9 rings (SSSR count). The van der Waals surface area contributed by atoms with Crippen molar-refractivity contribution in [1.29, 1.82) is 0 Å². The van der Waals surface area contributed by atoms with Crippen LogP contribution in [0.2, 0.25) is 0 Å². The van der Waals surface area contributed by atoms with E-state index in [1.54, 1.807) is 0 Å². The summed E-state index contributed by atoms with van der Waals surface area (Å²) in [5, 5.41) is 8.00. The molecule has 4 nitrogen and oxygen atoms in total. The van der Waals surface area contributed by atoms with Gasteiger partial charge in [-0.2, -0.15) is 0 Å². The minimum Gasteiger partial charge on any atom is -0.456 e. The Kier molecular flexibility index (Phi) is 4.30. The molecule has 0 radical (unpaired) electrons. The van der Waals surface area contributed by atoms with Crippen LogP contribution in [0, 0.1) is 0 Å². The van der Waals surface area contributed by atoms with Crippen LogP contribution in [0.1, 0.15) is 0 Å². The average molecular weight is 512 g/mol. The molecule has 0 fully saturated rings. The zero-order valence-corrected chi connectivity index (χ0v) is 21.4. The lowest BCUT2D eigenvalue weighted by Crippen LogP contribution is -2.03. The smallest absolute Gasteiger partial charge is 0.235 e. The van der Waals surface area contributed by atoms with Gasteiger partial charge in [-0.3, -0.25) is 4.57 Å². The van der Waals surface area contributed by atoms with Crippen molar-refractivity contribution >= 4 is 65.4 Å². The highest BCUT2D eigenvalue weighted by Crippen LogP contribution is 2.40. The maximum Gasteiger partial charge on any atom is 0.235 e. The summed E-state index contributed by atoms with van der Waals surface area (Å²) in [6.07, 6.45) is 0. The van der Waals surface area contributed by atoms with E-state index in [4.69, 9.17) is 14.4 Å². The number of aromatic nitrogens is 3. The number of fused-ring (bicyclic) bond motifs is 9. The molecule has 3 aromatic heterocycles. The van der Waals surface area contributed by atoms with Gasteiger partial charge >= 0.3 is 0 Å². The number of rotatable bonds is 2. The molecule has 0 aliphatic heterocycles. The molecule has 4 heteroatoms. The van der Waals surface area contributed by atoms with Crippen LogP contribution < -0.4 is 0 Å². The first-order chi connectivity index (χ1) is 19.8. The molecule has 186 valence electrons. The zero-order chi connectivity index (χ0) is 26.2. The predicted octanol–water partition coefficient (Wildman–Crippen LogP) is 9.45. The van der Waals surface area contributed by atoms with Crippen molar-refractivity contribution in [1.82, 2.24) is 14.5 Å². The van der Waals surface area contributed by atoms with Crippen molar-refractivity contribution in [2.75, 3.05) is 0 Å². The molecule has 0 saturated carbocycles. The lowest BCUT2D eigenvalue weighted by atomic mass is 10.0. The predicted molar refractivity (Wildman–Crippen MR) is 164 cm³/mol. The molecular formula is C36H21N3O. The van der Waals surface area contributed by atoms with Crippen LogP contribution in [0.3, 0.4) is 0 Å². The standard InChI is InChI=1S/C36H21N3O/c1-2-10-22(11-3-1)35-25-13-4-7-15-29(25)37-36(38-35)39-30-16-8-5-12-24(30)28-21-27-23(20-31(28)39)18-19-33-34(27)26-14-6-9-17-32(26)40-33/h1-21H. The number of hydrogen-bond acceptors (Lipinski definition) is 3. The summed E-state index contributed by atoms with van der Waals surface area (Å²) in [6, 6.07) is 44.2. The number of nitrogens with zero attached hydrogens (tertiary/aromatic N) is 3. The molecule has 40 heavy (non-hydrogen) atoms. The second-order valence-corrected chi connectivity index (χ2v) is 10.2. The van der Waals surface area contributed by atoms with Gasteiger partial charge in [0.2, 0.25) is 5.95 Å². The Labute approximate surface area is 228 Å². The quantitative estimate of drug-likeness (QED) is 0.232. The molecule has 0 aliphatic carbocycles. The third kappa shape index (κ3) is 2.96. The highest BCUT2D eigenvalue weighted by molar-refractivity contribution is 6.23. The third-order valence-corrected chi connectivity index (χ3v) is 7.99. The highest BCUT2D eigenvalue weighted by atomic mass is 16.3. The van der Waals surface area contributed by atoms with Crippen LogP contribution in [-0.4, -0.2) is 14.5 Å². The summed E-state index contributed by atoms with van der Waals surface area (Å²) >= 11 is 0. The van der Waals surface area contributed by atoms with E-state index in [0.29, 0.717) is 5.95 Å². The van der Waals surface area contributed by atoms with E-state index in [1.165, 1.54) is 16.2 Å². The second kappa shape index (κ2) is 8.01. The van der Waals surface area contributed by atoms with E-state index in [-0.39, 0.29) is 0 Å². The maximum absolute atomic E-state index is 6.21. The topological polar surface area (TPSA) is 43.9 Å². The molecule has 0 unspecified atom stereocenters. The minimum atomic E-state index is 0.665. The Morgan fingerprint density at radius 1 is 0.500 bits per heavy atom. The van der Waals surface area contributed by atoms with Crippen molar-refractivity contribution in [3.8, 4) is 17.2 Å². The van der Waals surface area contributed by atoms with E-state index in [0.717, 1.165) is 60.5 Å². The summed E-state index contributed by atoms with van der Waals surface area (Å²) in [5.41, 5.74) is 6.89. The summed E-state index contributed by atoms with van der Waals surface area (Å²) in [7, 11) is 0. The largest absolute Gasteiger partial charge is 0.456 e. The van der Waals surface area contributed by atoms with Gasteiger partial charge in [-0.05, 0) is 47.2 Å². The molecule has 0 N–H and O–H groups in total. The third-order valence-electron chi connectivity index (χ3n) is 7.99. The molecule has 3 heterocycles. The Morgan fingerprint density at radius 3 is 2.15 bits per heavy atom. The van der Waals surface area contributed by atoms with Gasteiger partial charge in [0.05, 0.1) is 22.2 Å². The van der Waals surface area contributed by atoms with Crippen LogP contribution in [0.4, 0.5) is 0 Å². The Balaban J connectivity index is 1.42. The molecule has 9 aromatic rings. The average Bonchev–Trinajstić information content (AvgIpc) is 3.55. The monoisotopic (exact) mass is 511 g/mol. The molecule has 0 bridgehead atoms. The summed E-state index contributed by atoms with van der Waals surface area (Å²) in [5.74, 6) is 0.665. The fourth-order valence-corrected chi connectivity index (χ4v) is 6.21. The van der Waals surface area contributed by atoms with Gasteiger partial charge in [-0.25, -0.2) is 9.97 Å². The minimum absolute atomic E-state index is 0.665. The fourth-order valence-electron chi connectivity index (χ4n) is 6.21. The van der Waals surface area contributed by atoms with Crippen LogP contribution in [0.25, 0.3) is 82.6 Å². The number of benzene rings is 6. The van der Waals surface area contributed by atoms with Gasteiger partial charge in [0.15, 0.2) is 0 Å². The van der Waals surface area contributed by atoms with Crippen molar-refractivity contribution < 1.29 is 4.42 Å². The van der Waals surface area contributed by atoms with Crippen LogP contribution in [-0.2, 0) is 0 Å². The van der Waals surface area contributed by atoms with Crippen molar-refractivity contribution in [2.24, 2.45) is 0 Å². The SMILES string of the molecule is c1ccc(-c2nc(-n3c4ccccc4c4cc5c(ccc6oc7ccccc7c65)cc43)nc3ccccc23)cc1. The molecule has 0 amide bonds. The second-order valence-electron chi connectivity index (χ2n) is 10.2. The maximum atomic E-state index is 6.21. The number of para-hydroxylation sites is 3. The lowest BCUT2D eigenvalue weighted by Gasteiger charge is -2.12. The molecule has 0 aliphatic rings. The lowest BCUT2D eigenvalue weighted by molar-refractivity contribution is 0.669. The molecule has 0 spiro atoms. The molecule has 6 aromatic carbocycles. The van der Waals surface area contributed by atoms with Gasteiger partial charge in [0, 0.05) is 32.5 Å². The number of hydrogen-bond donors (Lipinski definition) is 0. The van der Waals surface area contributed by atoms with E-state index in [9.17, 15) is 0 Å². The fraction of sp³-hybridized carbons (Fsp3) is 0. The Morgan fingerprint density at radius 2 is 1.25 bits per heavy atom. The van der Waals surface area contributed by atoms with Crippen molar-refractivity contribution in [3.05, 3.63) is 127 Å². The van der Waals surface area contributed by atoms with E-state index < -0.39 is 0 Å². The molecular weight excluding hydrogens is 490 g/mol. The van der Waals surface area contributed by atoms with Gasteiger partial charge in [-0.15, -0.1) is 0 Å². The molecule has 0 saturated heterocycles. The first kappa shape index (κ1) is 21.5. The van der Waals surface area contributed by atoms with Crippen molar-refractivity contribution in [2.45, 2.75) is 0 Å². The first-order valence-electron chi connectivity index (χ1n) is 13.4. The van der Waals surface area contributed by atoms with Crippen LogP contribution in [0.5, 0.6) is 0 Å². The van der Waals surface area contributed by atoms with Crippen LogP contribution >= 0.6 is 0 Å². The van der Waals surface area contributed by atoms with Gasteiger partial charge in [-0.1, -0.05) is 91.0 Å². The van der Waals surface area contributed by atoms with Crippen molar-refractivity contribution in [3.63, 3.8) is 0 Å².